The Kier molecular flexibility index (Phi) is 8.95. The largest absolute Gasteiger partial charge is 0.456 e. The topological polar surface area (TPSA) is 97.3 Å². The molecule has 4 fully saturated rings. The molecule has 2 aromatic carbocycles. The number of aryl methyl sites for hydroxylation is 1. The Morgan fingerprint density at radius 1 is 0.923 bits per heavy atom. The molecule has 1 amide bonds. The second kappa shape index (κ2) is 12.5. The SMILES string of the molecule is Cc1ccc(NC(=O)OCc2ccc([C@H]3C[C@@]4(C)C(CC[C@@]4(O)C(F)(F)C(F)(F)F)C4CCC5(O)CC6(CCC5=C43)OCC(C)(C)CO6)cc2)cc1. The molecule has 7 rings (SSSR count). The molecule has 5 aliphatic rings. The molecule has 1 aliphatic heterocycles. The third kappa shape index (κ3) is 6.05. The first kappa shape index (κ1) is 37.3. The van der Waals surface area contributed by atoms with Crippen LogP contribution in [0.5, 0.6) is 0 Å². The number of benzene rings is 2. The van der Waals surface area contributed by atoms with Gasteiger partial charge in [-0.3, -0.25) is 5.32 Å². The number of nitrogens with one attached hydrogen (secondary N) is 1. The number of alkyl halides is 5. The van der Waals surface area contributed by atoms with Gasteiger partial charge in [0.05, 0.1) is 18.8 Å². The van der Waals surface area contributed by atoms with Crippen LogP contribution >= 0.6 is 0 Å². The van der Waals surface area contributed by atoms with E-state index >= 15 is 8.78 Å². The van der Waals surface area contributed by atoms with E-state index in [9.17, 15) is 28.2 Å². The smallest absolute Gasteiger partial charge is 0.444 e. The summed E-state index contributed by atoms with van der Waals surface area (Å²) in [6, 6.07) is 14.3. The quantitative estimate of drug-likeness (QED) is 0.210. The summed E-state index contributed by atoms with van der Waals surface area (Å²) in [5, 5.41) is 26.7. The van der Waals surface area contributed by atoms with Crippen molar-refractivity contribution in [3.63, 3.8) is 0 Å². The Balaban J connectivity index is 1.21. The van der Waals surface area contributed by atoms with Gasteiger partial charge in [-0.05, 0) is 86.1 Å². The lowest BCUT2D eigenvalue weighted by Gasteiger charge is -2.59. The Hall–Kier alpha value is -3.06. The number of fused-ring (bicyclic) bond motifs is 4. The first-order valence-corrected chi connectivity index (χ1v) is 18.2. The lowest BCUT2D eigenvalue weighted by atomic mass is 9.49. The molecule has 0 aromatic heterocycles. The van der Waals surface area contributed by atoms with Crippen molar-refractivity contribution >= 4 is 11.8 Å². The first-order valence-electron chi connectivity index (χ1n) is 18.2. The predicted octanol–water partition coefficient (Wildman–Crippen LogP) is 8.97. The fourth-order valence-electron chi connectivity index (χ4n) is 10.1. The second-order valence-corrected chi connectivity index (χ2v) is 17.0. The molecule has 0 radical (unpaired) electrons. The maximum absolute atomic E-state index is 15.4. The number of aliphatic hydroxyl groups is 2. The number of carbonyl (C=O) groups is 1. The van der Waals surface area contributed by atoms with Crippen molar-refractivity contribution < 1.29 is 51.2 Å². The summed E-state index contributed by atoms with van der Waals surface area (Å²) in [5.74, 6) is -7.99. The average molecular weight is 734 g/mol. The lowest BCUT2D eigenvalue weighted by molar-refractivity contribution is -0.362. The van der Waals surface area contributed by atoms with Gasteiger partial charge >= 0.3 is 18.2 Å². The standard InChI is InChI=1S/C40H48F5NO6/c1-24-5-11-27(12-6-24)46-33(47)50-20-25-7-9-26(10-8-25)29-19-35(4)30(15-18-38(35,49)39(41,42)40(43,44)45)28-13-16-36(48)21-37(17-14-31(36)32(28)29)51-22-34(2,3)23-52-37/h5-12,28-30,48-49H,13-23H2,1-4H3,(H,46,47)/t28?,29-,30?,35+,36?,38+/m1/s1. The van der Waals surface area contributed by atoms with Gasteiger partial charge in [-0.1, -0.05) is 68.3 Å². The highest BCUT2D eigenvalue weighted by atomic mass is 19.4. The zero-order chi connectivity index (χ0) is 37.5. The third-order valence-corrected chi connectivity index (χ3v) is 12.9. The molecule has 0 bridgehead atoms. The van der Waals surface area contributed by atoms with Gasteiger partial charge in [-0.15, -0.1) is 0 Å². The zero-order valence-corrected chi connectivity index (χ0v) is 30.0. The Morgan fingerprint density at radius 2 is 1.58 bits per heavy atom. The van der Waals surface area contributed by atoms with Gasteiger partial charge in [0.1, 0.15) is 12.2 Å². The lowest BCUT2D eigenvalue weighted by Crippen LogP contribution is -2.65. The average Bonchev–Trinajstić information content (AvgIpc) is 3.36. The van der Waals surface area contributed by atoms with E-state index in [0.29, 0.717) is 49.3 Å². The molecule has 3 unspecified atom stereocenters. The van der Waals surface area contributed by atoms with Crippen LogP contribution in [0.25, 0.3) is 0 Å². The minimum atomic E-state index is -5.93. The Labute approximate surface area is 300 Å². The van der Waals surface area contributed by atoms with Crippen LogP contribution < -0.4 is 5.32 Å². The number of ether oxygens (including phenoxy) is 3. The van der Waals surface area contributed by atoms with Gasteiger partial charge in [0, 0.05) is 35.3 Å². The second-order valence-electron chi connectivity index (χ2n) is 17.0. The number of anilines is 1. The van der Waals surface area contributed by atoms with Crippen LogP contribution in [0.3, 0.4) is 0 Å². The van der Waals surface area contributed by atoms with Crippen molar-refractivity contribution in [1.82, 2.24) is 0 Å². The van der Waals surface area contributed by atoms with E-state index in [4.69, 9.17) is 14.2 Å². The minimum absolute atomic E-state index is 0.0113. The third-order valence-electron chi connectivity index (χ3n) is 12.9. The van der Waals surface area contributed by atoms with Crippen LogP contribution in [0.4, 0.5) is 32.4 Å². The number of hydrogen-bond donors (Lipinski definition) is 3. The van der Waals surface area contributed by atoms with E-state index in [1.54, 1.807) is 36.4 Å². The molecule has 52 heavy (non-hydrogen) atoms. The van der Waals surface area contributed by atoms with Crippen molar-refractivity contribution in [1.29, 1.82) is 0 Å². The predicted molar refractivity (Wildman–Crippen MR) is 183 cm³/mol. The van der Waals surface area contributed by atoms with Crippen LogP contribution in [0, 0.1) is 29.6 Å². The van der Waals surface area contributed by atoms with Gasteiger partial charge in [0.15, 0.2) is 5.79 Å². The van der Waals surface area contributed by atoms with E-state index in [2.05, 4.69) is 5.32 Å². The fraction of sp³-hybridized carbons (Fsp3) is 0.625. The number of carbonyl (C=O) groups excluding carboxylic acids is 1. The number of amides is 1. The van der Waals surface area contributed by atoms with Gasteiger partial charge in [0.25, 0.3) is 0 Å². The number of rotatable bonds is 5. The molecule has 2 aromatic rings. The molecule has 7 nitrogen and oxygen atoms in total. The number of hydrogen-bond acceptors (Lipinski definition) is 6. The van der Waals surface area contributed by atoms with Gasteiger partial charge in [-0.25, -0.2) is 4.79 Å². The summed E-state index contributed by atoms with van der Waals surface area (Å²) in [4.78, 5) is 12.5. The molecule has 284 valence electrons. The van der Waals surface area contributed by atoms with Crippen LogP contribution in [-0.4, -0.2) is 58.6 Å². The number of allylic oxidation sites excluding steroid dienone is 1. The van der Waals surface area contributed by atoms with Crippen LogP contribution in [-0.2, 0) is 20.8 Å². The maximum atomic E-state index is 15.4. The van der Waals surface area contributed by atoms with E-state index in [1.165, 1.54) is 6.92 Å². The van der Waals surface area contributed by atoms with Gasteiger partial charge < -0.3 is 24.4 Å². The van der Waals surface area contributed by atoms with Gasteiger partial charge in [-0.2, -0.15) is 22.0 Å². The first-order chi connectivity index (χ1) is 24.2. The van der Waals surface area contributed by atoms with Gasteiger partial charge in [0.2, 0.25) is 0 Å². The van der Waals surface area contributed by atoms with Crippen LogP contribution in [0.15, 0.2) is 59.7 Å². The molecule has 1 heterocycles. The summed E-state index contributed by atoms with van der Waals surface area (Å²) < 4.78 is 90.9. The minimum Gasteiger partial charge on any atom is -0.444 e. The van der Waals surface area contributed by atoms with Crippen LogP contribution in [0.2, 0.25) is 0 Å². The molecular formula is C40H48F5NO6. The maximum Gasteiger partial charge on any atom is 0.456 e. The van der Waals surface area contributed by atoms with E-state index in [1.807, 2.05) is 32.9 Å². The molecule has 4 aliphatic carbocycles. The summed E-state index contributed by atoms with van der Waals surface area (Å²) >= 11 is 0. The fourth-order valence-corrected chi connectivity index (χ4v) is 10.1. The molecule has 3 N–H and O–H groups in total. The number of halogens is 5. The molecule has 12 heteroatoms. The molecule has 1 spiro atoms. The van der Waals surface area contributed by atoms with Crippen molar-refractivity contribution in [2.24, 2.45) is 22.7 Å². The monoisotopic (exact) mass is 733 g/mol. The van der Waals surface area contributed by atoms with E-state index in [0.717, 1.165) is 16.7 Å². The summed E-state index contributed by atoms with van der Waals surface area (Å²) in [5.41, 5.74) is -1.98. The molecular weight excluding hydrogens is 685 g/mol. The van der Waals surface area contributed by atoms with E-state index in [-0.39, 0.29) is 37.7 Å². The van der Waals surface area contributed by atoms with Crippen molar-refractivity contribution in [2.75, 3.05) is 18.5 Å². The van der Waals surface area contributed by atoms with Crippen LogP contribution in [0.1, 0.15) is 94.7 Å². The summed E-state index contributed by atoms with van der Waals surface area (Å²) in [7, 11) is 0. The molecule has 3 saturated carbocycles. The summed E-state index contributed by atoms with van der Waals surface area (Å²) in [6.45, 7) is 8.30. The van der Waals surface area contributed by atoms with Crippen molar-refractivity contribution in [3.8, 4) is 0 Å². The zero-order valence-electron chi connectivity index (χ0n) is 30.0. The molecule has 6 atom stereocenters. The van der Waals surface area contributed by atoms with Crippen molar-refractivity contribution in [2.45, 2.75) is 121 Å². The Morgan fingerprint density at radius 3 is 2.21 bits per heavy atom. The summed E-state index contributed by atoms with van der Waals surface area (Å²) in [6.07, 6.45) is -5.66. The Bertz CT molecular complexity index is 1710. The molecule has 1 saturated heterocycles. The highest BCUT2D eigenvalue weighted by Gasteiger charge is 2.79. The highest BCUT2D eigenvalue weighted by Crippen LogP contribution is 2.71. The highest BCUT2D eigenvalue weighted by molar-refractivity contribution is 5.84. The van der Waals surface area contributed by atoms with Crippen molar-refractivity contribution in [3.05, 3.63) is 76.4 Å². The normalized spacial score (nSPS) is 33.9. The van der Waals surface area contributed by atoms with E-state index < -0.39 is 64.8 Å².